The van der Waals surface area contributed by atoms with Crippen molar-refractivity contribution in [2.75, 3.05) is 5.01 Å². The summed E-state index contributed by atoms with van der Waals surface area (Å²) in [4.78, 5) is 3.36. The molecule has 0 unspecified atom stereocenters. The second-order valence-corrected chi connectivity index (χ2v) is 6.18. The summed E-state index contributed by atoms with van der Waals surface area (Å²) in [6.07, 6.45) is 1.03. The van der Waals surface area contributed by atoms with Crippen molar-refractivity contribution in [3.05, 3.63) is 102 Å². The fourth-order valence-electron chi connectivity index (χ4n) is 2.91. The van der Waals surface area contributed by atoms with Crippen LogP contribution in [-0.2, 0) is 6.18 Å². The van der Waals surface area contributed by atoms with Crippen LogP contribution in [-0.4, -0.2) is 20.5 Å². The van der Waals surface area contributed by atoms with Gasteiger partial charge in [-0.15, -0.1) is 5.73 Å². The van der Waals surface area contributed by atoms with Gasteiger partial charge in [0, 0.05) is 18.0 Å². The number of hydrogen-bond donors (Lipinski definition) is 0. The highest BCUT2D eigenvalue weighted by atomic mass is 19.4. The van der Waals surface area contributed by atoms with Crippen LogP contribution in [0, 0.1) is 5.82 Å². The maximum absolute atomic E-state index is 14.3. The molecule has 0 atom stereocenters. The Labute approximate surface area is 168 Å². The zero-order chi connectivity index (χ0) is 21.3. The molecule has 1 aliphatic heterocycles. The summed E-state index contributed by atoms with van der Waals surface area (Å²) in [6.45, 7) is 3.63. The lowest BCUT2D eigenvalue weighted by atomic mass is 10.1. The molecule has 0 amide bonds. The molecule has 1 aliphatic rings. The Morgan fingerprint density at radius 3 is 2.57 bits per heavy atom. The van der Waals surface area contributed by atoms with Gasteiger partial charge in [-0.1, -0.05) is 18.7 Å². The van der Waals surface area contributed by atoms with Gasteiger partial charge in [-0.3, -0.25) is 4.98 Å². The molecule has 30 heavy (non-hydrogen) atoms. The maximum Gasteiger partial charge on any atom is 0.433 e. The molecule has 0 radical (unpaired) electrons. The molecule has 2 aromatic heterocycles. The van der Waals surface area contributed by atoms with Crippen LogP contribution >= 0.6 is 0 Å². The first-order chi connectivity index (χ1) is 14.4. The molecule has 1 aromatic carbocycles. The predicted molar refractivity (Wildman–Crippen MR) is 104 cm³/mol. The lowest BCUT2D eigenvalue weighted by Crippen LogP contribution is -2.22. The van der Waals surface area contributed by atoms with Crippen molar-refractivity contribution in [2.24, 2.45) is 5.10 Å². The monoisotopic (exact) mass is 411 g/mol. The van der Waals surface area contributed by atoms with Crippen LogP contribution in [0.3, 0.4) is 0 Å². The third kappa shape index (κ3) is 3.54. The minimum Gasteiger partial charge on any atom is -0.252 e. The Bertz CT molecular complexity index is 1220. The van der Waals surface area contributed by atoms with Gasteiger partial charge in [-0.25, -0.2) is 14.1 Å². The Morgan fingerprint density at radius 1 is 1.03 bits per heavy atom. The molecule has 9 heteroatoms. The highest BCUT2D eigenvalue weighted by molar-refractivity contribution is 6.14. The second kappa shape index (κ2) is 7.46. The molecule has 0 bridgehead atoms. The van der Waals surface area contributed by atoms with Gasteiger partial charge in [0.05, 0.1) is 17.6 Å². The highest BCUT2D eigenvalue weighted by Gasteiger charge is 2.33. The number of allylic oxidation sites excluding steroid dienone is 2. The number of aromatic nitrogens is 3. The summed E-state index contributed by atoms with van der Waals surface area (Å²) in [5.74, 6) is -0.487. The normalized spacial score (nSPS) is 13.9. The summed E-state index contributed by atoms with van der Waals surface area (Å²) in [7, 11) is 0. The first-order valence-electron chi connectivity index (χ1n) is 8.67. The van der Waals surface area contributed by atoms with Crippen LogP contribution in [0.15, 0.2) is 90.1 Å². The average Bonchev–Trinajstić information content (AvgIpc) is 3.22. The lowest BCUT2D eigenvalue weighted by molar-refractivity contribution is -0.141. The Balaban J connectivity index is 1.81. The third-order valence-corrected chi connectivity index (χ3v) is 4.30. The van der Waals surface area contributed by atoms with E-state index >= 15 is 0 Å². The summed E-state index contributed by atoms with van der Waals surface area (Å²) in [5, 5.41) is 9.87. The SMILES string of the molecule is C=C=C1C=CN(c2ccnc(C(F)(F)F)c2)N=C1c1ccnn1-c1ccccc1F. The van der Waals surface area contributed by atoms with Crippen LogP contribution in [0.25, 0.3) is 5.69 Å². The van der Waals surface area contributed by atoms with Gasteiger partial charge in [-0.05, 0) is 36.4 Å². The standard InChI is InChI=1S/C21H13F4N5/c1-2-14-9-12-29(15-7-10-26-19(13-15)21(23,24)25)28-20(14)18-8-11-27-30(18)17-6-4-3-5-16(17)22/h3-13H,1H2. The quantitative estimate of drug-likeness (QED) is 0.456. The second-order valence-electron chi connectivity index (χ2n) is 6.18. The summed E-state index contributed by atoms with van der Waals surface area (Å²) >= 11 is 0. The van der Waals surface area contributed by atoms with Gasteiger partial charge in [-0.2, -0.15) is 23.4 Å². The summed E-state index contributed by atoms with van der Waals surface area (Å²) < 4.78 is 54.7. The number of hydrazone groups is 1. The van der Waals surface area contributed by atoms with E-state index in [1.165, 1.54) is 34.2 Å². The molecule has 3 heterocycles. The van der Waals surface area contributed by atoms with Crippen molar-refractivity contribution < 1.29 is 17.6 Å². The number of benzene rings is 1. The largest absolute Gasteiger partial charge is 0.433 e. The zero-order valence-electron chi connectivity index (χ0n) is 15.3. The minimum atomic E-state index is -4.59. The van der Waals surface area contributed by atoms with E-state index in [2.05, 4.69) is 27.5 Å². The van der Waals surface area contributed by atoms with Crippen molar-refractivity contribution in [3.63, 3.8) is 0 Å². The Kier molecular flexibility index (Phi) is 4.81. The van der Waals surface area contributed by atoms with Crippen LogP contribution in [0.4, 0.5) is 23.2 Å². The molecule has 0 spiro atoms. The number of nitrogens with zero attached hydrogens (tertiary/aromatic N) is 5. The lowest BCUT2D eigenvalue weighted by Gasteiger charge is -2.22. The number of rotatable bonds is 3. The van der Waals surface area contributed by atoms with Gasteiger partial charge < -0.3 is 0 Å². The number of para-hydroxylation sites is 1. The first kappa shape index (κ1) is 19.4. The zero-order valence-corrected chi connectivity index (χ0v) is 15.3. The molecule has 4 rings (SSSR count). The molecule has 150 valence electrons. The molecule has 0 saturated heterocycles. The first-order valence-corrected chi connectivity index (χ1v) is 8.67. The molecule has 0 fully saturated rings. The van der Waals surface area contributed by atoms with Crippen LogP contribution < -0.4 is 5.01 Å². The topological polar surface area (TPSA) is 46.3 Å². The number of hydrogen-bond acceptors (Lipinski definition) is 4. The smallest absolute Gasteiger partial charge is 0.252 e. The number of halogens is 4. The minimum absolute atomic E-state index is 0.158. The molecular formula is C21H13F4N5. The van der Waals surface area contributed by atoms with Gasteiger partial charge in [0.2, 0.25) is 0 Å². The highest BCUT2D eigenvalue weighted by Crippen LogP contribution is 2.31. The fraction of sp³-hybridized carbons (Fsp3) is 0.0476. The van der Waals surface area contributed by atoms with Gasteiger partial charge in [0.15, 0.2) is 0 Å². The van der Waals surface area contributed by atoms with E-state index in [1.54, 1.807) is 30.3 Å². The Morgan fingerprint density at radius 2 is 1.83 bits per heavy atom. The average molecular weight is 411 g/mol. The molecule has 3 aromatic rings. The van der Waals surface area contributed by atoms with E-state index in [4.69, 9.17) is 0 Å². The predicted octanol–water partition coefficient (Wildman–Crippen LogP) is 4.87. The fourth-order valence-corrected chi connectivity index (χ4v) is 2.91. The molecule has 5 nitrogen and oxygen atoms in total. The van der Waals surface area contributed by atoms with Gasteiger partial charge >= 0.3 is 6.18 Å². The van der Waals surface area contributed by atoms with Crippen molar-refractivity contribution in [3.8, 4) is 5.69 Å². The van der Waals surface area contributed by atoms with Crippen molar-refractivity contribution >= 4 is 11.4 Å². The van der Waals surface area contributed by atoms with Crippen molar-refractivity contribution in [1.29, 1.82) is 0 Å². The van der Waals surface area contributed by atoms with E-state index < -0.39 is 17.7 Å². The Hall–Kier alpha value is -3.97. The van der Waals surface area contributed by atoms with E-state index in [-0.39, 0.29) is 11.4 Å². The van der Waals surface area contributed by atoms with E-state index in [0.29, 0.717) is 17.0 Å². The van der Waals surface area contributed by atoms with Crippen molar-refractivity contribution in [1.82, 2.24) is 14.8 Å². The third-order valence-electron chi connectivity index (χ3n) is 4.30. The number of pyridine rings is 1. The molecular weight excluding hydrogens is 398 g/mol. The number of alkyl halides is 3. The molecule has 0 saturated carbocycles. The molecule has 0 aliphatic carbocycles. The van der Waals surface area contributed by atoms with E-state index in [9.17, 15) is 17.6 Å². The maximum atomic E-state index is 14.3. The summed E-state index contributed by atoms with van der Waals surface area (Å²) in [6, 6.07) is 9.99. The van der Waals surface area contributed by atoms with E-state index in [1.807, 2.05) is 0 Å². The van der Waals surface area contributed by atoms with Crippen LogP contribution in [0.5, 0.6) is 0 Å². The van der Waals surface area contributed by atoms with Gasteiger partial charge in [0.25, 0.3) is 0 Å². The van der Waals surface area contributed by atoms with Gasteiger partial charge in [0.1, 0.15) is 22.9 Å². The van der Waals surface area contributed by atoms with Crippen molar-refractivity contribution in [2.45, 2.75) is 6.18 Å². The molecule has 0 N–H and O–H groups in total. The van der Waals surface area contributed by atoms with Crippen LogP contribution in [0.2, 0.25) is 0 Å². The summed E-state index contributed by atoms with van der Waals surface area (Å²) in [5.41, 5.74) is 3.28. The van der Waals surface area contributed by atoms with Crippen LogP contribution in [0.1, 0.15) is 11.4 Å². The van der Waals surface area contributed by atoms with E-state index in [0.717, 1.165) is 12.3 Å². The number of anilines is 1.